The van der Waals surface area contributed by atoms with Crippen LogP contribution in [0.25, 0.3) is 0 Å². The van der Waals surface area contributed by atoms with Crippen molar-refractivity contribution in [2.75, 3.05) is 0 Å². The molecule has 0 aliphatic carbocycles. The van der Waals surface area contributed by atoms with Crippen LogP contribution < -0.4 is 5.32 Å². The third-order valence-corrected chi connectivity index (χ3v) is 2.81. The Morgan fingerprint density at radius 1 is 1.40 bits per heavy atom. The molecule has 0 radical (unpaired) electrons. The zero-order valence-electron chi connectivity index (χ0n) is 9.58. The first-order valence-electron chi connectivity index (χ1n) is 5.59. The highest BCUT2D eigenvalue weighted by Crippen LogP contribution is 2.34. The molecule has 0 spiro atoms. The third-order valence-electron chi connectivity index (χ3n) is 2.81. The Bertz CT molecular complexity index is 259. The van der Waals surface area contributed by atoms with Gasteiger partial charge in [-0.25, -0.2) is 4.79 Å². The maximum Gasteiger partial charge on any atom is 0.407 e. The number of rotatable bonds is 1. The number of fused-ring (bicyclic) bond motifs is 2. The topological polar surface area (TPSA) is 47.6 Å². The van der Waals surface area contributed by atoms with Crippen molar-refractivity contribution < 1.29 is 14.3 Å². The first-order valence-corrected chi connectivity index (χ1v) is 5.59. The maximum atomic E-state index is 11.5. The fourth-order valence-corrected chi connectivity index (χ4v) is 2.25. The molecule has 2 bridgehead atoms. The van der Waals surface area contributed by atoms with Crippen molar-refractivity contribution in [2.24, 2.45) is 0 Å². The van der Waals surface area contributed by atoms with E-state index < -0.39 is 5.60 Å². The number of hydrogen-bond acceptors (Lipinski definition) is 3. The Labute approximate surface area is 90.3 Å². The number of amides is 1. The number of carbonyl (C=O) groups is 1. The monoisotopic (exact) mass is 213 g/mol. The number of nitrogens with one attached hydrogen (secondary N) is 1. The number of carbonyl (C=O) groups excluding carboxylic acids is 1. The lowest BCUT2D eigenvalue weighted by Crippen LogP contribution is -2.43. The van der Waals surface area contributed by atoms with Gasteiger partial charge < -0.3 is 14.8 Å². The molecule has 2 rings (SSSR count). The lowest BCUT2D eigenvalue weighted by molar-refractivity contribution is 0.0461. The van der Waals surface area contributed by atoms with Gasteiger partial charge in [0.15, 0.2) is 0 Å². The van der Waals surface area contributed by atoms with E-state index in [9.17, 15) is 4.79 Å². The molecule has 4 heteroatoms. The van der Waals surface area contributed by atoms with Gasteiger partial charge in [-0.15, -0.1) is 0 Å². The van der Waals surface area contributed by atoms with Gasteiger partial charge in [0.05, 0.1) is 18.2 Å². The summed E-state index contributed by atoms with van der Waals surface area (Å²) in [6, 6.07) is 0.151. The van der Waals surface area contributed by atoms with Crippen molar-refractivity contribution in [3.63, 3.8) is 0 Å². The summed E-state index contributed by atoms with van der Waals surface area (Å²) >= 11 is 0. The Balaban J connectivity index is 1.80. The maximum absolute atomic E-state index is 11.5. The highest BCUT2D eigenvalue weighted by atomic mass is 16.6. The zero-order valence-corrected chi connectivity index (χ0v) is 9.58. The van der Waals surface area contributed by atoms with E-state index in [0.29, 0.717) is 6.10 Å². The molecule has 0 unspecified atom stereocenters. The standard InChI is InChI=1S/C11H19NO3/c1-11(2,3)15-10(13)12-8-6-7-4-5-9(8)14-7/h7-9H,4-6H2,1-3H3,(H,12,13)/t7-,8+,9-/m1/s1. The summed E-state index contributed by atoms with van der Waals surface area (Å²) in [4.78, 5) is 11.5. The minimum Gasteiger partial charge on any atom is -0.444 e. The van der Waals surface area contributed by atoms with E-state index in [1.165, 1.54) is 0 Å². The molecular formula is C11H19NO3. The van der Waals surface area contributed by atoms with Gasteiger partial charge in [-0.2, -0.15) is 0 Å². The van der Waals surface area contributed by atoms with Crippen LogP contribution in [0.4, 0.5) is 4.79 Å². The van der Waals surface area contributed by atoms with Crippen LogP contribution in [0.15, 0.2) is 0 Å². The van der Waals surface area contributed by atoms with Crippen molar-refractivity contribution in [1.82, 2.24) is 5.32 Å². The van der Waals surface area contributed by atoms with Crippen molar-refractivity contribution in [2.45, 2.75) is 63.9 Å². The molecule has 2 heterocycles. The summed E-state index contributed by atoms with van der Waals surface area (Å²) in [5, 5.41) is 2.88. The van der Waals surface area contributed by atoms with Crippen molar-refractivity contribution >= 4 is 6.09 Å². The minimum atomic E-state index is -0.428. The molecule has 15 heavy (non-hydrogen) atoms. The highest BCUT2D eigenvalue weighted by Gasteiger charge is 2.41. The second-order valence-corrected chi connectivity index (χ2v) is 5.36. The Morgan fingerprint density at radius 2 is 2.13 bits per heavy atom. The van der Waals surface area contributed by atoms with Gasteiger partial charge in [0.2, 0.25) is 0 Å². The molecule has 1 N–H and O–H groups in total. The third kappa shape index (κ3) is 2.62. The molecule has 3 atom stereocenters. The van der Waals surface area contributed by atoms with Gasteiger partial charge in [0.1, 0.15) is 5.60 Å². The van der Waals surface area contributed by atoms with Crippen LogP contribution in [0, 0.1) is 0 Å². The zero-order chi connectivity index (χ0) is 11.1. The molecule has 4 nitrogen and oxygen atoms in total. The van der Waals surface area contributed by atoms with Crippen LogP contribution in [0.2, 0.25) is 0 Å². The normalized spacial score (nSPS) is 34.2. The molecule has 0 aromatic heterocycles. The summed E-state index contributed by atoms with van der Waals surface area (Å²) < 4.78 is 10.8. The van der Waals surface area contributed by atoms with Crippen molar-refractivity contribution in [1.29, 1.82) is 0 Å². The summed E-state index contributed by atoms with van der Waals surface area (Å²) in [6.07, 6.45) is 3.37. The quantitative estimate of drug-likeness (QED) is 0.723. The van der Waals surface area contributed by atoms with Crippen LogP contribution in [0.3, 0.4) is 0 Å². The molecule has 0 aromatic rings. The van der Waals surface area contributed by atoms with Crippen LogP contribution in [-0.2, 0) is 9.47 Å². The molecule has 0 aromatic carbocycles. The summed E-state index contributed by atoms with van der Waals surface area (Å²) in [6.45, 7) is 5.59. The molecule has 1 amide bonds. The number of alkyl carbamates (subject to hydrolysis) is 1. The Morgan fingerprint density at radius 3 is 2.60 bits per heavy atom. The molecule has 2 fully saturated rings. The smallest absolute Gasteiger partial charge is 0.407 e. The molecule has 86 valence electrons. The van der Waals surface area contributed by atoms with Crippen LogP contribution in [0.5, 0.6) is 0 Å². The first kappa shape index (κ1) is 10.7. The lowest BCUT2D eigenvalue weighted by atomic mass is 9.96. The van der Waals surface area contributed by atoms with E-state index in [-0.39, 0.29) is 18.2 Å². The summed E-state index contributed by atoms with van der Waals surface area (Å²) in [7, 11) is 0. The van der Waals surface area contributed by atoms with Gasteiger partial charge in [0, 0.05) is 0 Å². The number of hydrogen-bond donors (Lipinski definition) is 1. The Hall–Kier alpha value is -0.770. The minimum absolute atomic E-state index is 0.151. The molecule has 2 aliphatic rings. The van der Waals surface area contributed by atoms with Gasteiger partial charge in [-0.1, -0.05) is 0 Å². The SMILES string of the molecule is CC(C)(C)OC(=O)N[C@H]1C[C@H]2CC[C@H]1O2. The second kappa shape index (κ2) is 3.67. The average molecular weight is 213 g/mol. The average Bonchev–Trinajstić information content (AvgIpc) is 2.60. The summed E-state index contributed by atoms with van der Waals surface area (Å²) in [5.41, 5.74) is -0.428. The van der Waals surface area contributed by atoms with Gasteiger partial charge in [0.25, 0.3) is 0 Å². The summed E-state index contributed by atoms with van der Waals surface area (Å²) in [5.74, 6) is 0. The van der Waals surface area contributed by atoms with Gasteiger partial charge in [-0.05, 0) is 40.0 Å². The van der Waals surface area contributed by atoms with Crippen molar-refractivity contribution in [3.05, 3.63) is 0 Å². The van der Waals surface area contributed by atoms with Crippen LogP contribution in [0.1, 0.15) is 40.0 Å². The van der Waals surface area contributed by atoms with Gasteiger partial charge >= 0.3 is 6.09 Å². The van der Waals surface area contributed by atoms with E-state index in [4.69, 9.17) is 9.47 Å². The van der Waals surface area contributed by atoms with E-state index >= 15 is 0 Å². The van der Waals surface area contributed by atoms with Crippen LogP contribution >= 0.6 is 0 Å². The predicted octanol–water partition coefficient (Wildman–Crippen LogP) is 1.83. The fraction of sp³-hybridized carbons (Fsp3) is 0.909. The van der Waals surface area contributed by atoms with Gasteiger partial charge in [-0.3, -0.25) is 0 Å². The first-order chi connectivity index (χ1) is 6.94. The highest BCUT2D eigenvalue weighted by molar-refractivity contribution is 5.68. The molecular weight excluding hydrogens is 194 g/mol. The van der Waals surface area contributed by atoms with Crippen LogP contribution in [-0.4, -0.2) is 29.9 Å². The molecule has 2 saturated heterocycles. The lowest BCUT2D eigenvalue weighted by Gasteiger charge is -2.24. The van der Waals surface area contributed by atoms with E-state index in [1.54, 1.807) is 0 Å². The van der Waals surface area contributed by atoms with Crippen molar-refractivity contribution in [3.8, 4) is 0 Å². The molecule has 2 aliphatic heterocycles. The van der Waals surface area contributed by atoms with E-state index in [1.807, 2.05) is 20.8 Å². The fourth-order valence-electron chi connectivity index (χ4n) is 2.25. The van der Waals surface area contributed by atoms with E-state index in [0.717, 1.165) is 19.3 Å². The predicted molar refractivity (Wildman–Crippen MR) is 55.7 cm³/mol. The van der Waals surface area contributed by atoms with E-state index in [2.05, 4.69) is 5.32 Å². The largest absolute Gasteiger partial charge is 0.444 e. The number of ether oxygens (including phenoxy) is 2. The second-order valence-electron chi connectivity index (χ2n) is 5.36. The Kier molecular flexibility index (Phi) is 2.63. The molecule has 0 saturated carbocycles.